The van der Waals surface area contributed by atoms with Crippen molar-refractivity contribution < 1.29 is 9.53 Å². The number of amides is 1. The molecule has 1 aliphatic rings. The molecule has 0 saturated heterocycles. The van der Waals surface area contributed by atoms with E-state index in [1.54, 1.807) is 12.1 Å². The van der Waals surface area contributed by atoms with Gasteiger partial charge in [-0.15, -0.1) is 10.2 Å². The Morgan fingerprint density at radius 2 is 1.97 bits per heavy atom. The van der Waals surface area contributed by atoms with Crippen LogP contribution in [0.3, 0.4) is 0 Å². The van der Waals surface area contributed by atoms with E-state index in [9.17, 15) is 4.79 Å². The molecule has 1 aliphatic heterocycles. The number of nitrogens with zero attached hydrogens (tertiary/aromatic N) is 3. The molecule has 0 saturated carbocycles. The Bertz CT molecular complexity index is 1060. The number of nitrogens with one attached hydrogen (secondary N) is 2. The number of thioether (sulfide) groups is 1. The van der Waals surface area contributed by atoms with Crippen LogP contribution in [0.2, 0.25) is 5.02 Å². The van der Waals surface area contributed by atoms with Crippen LogP contribution in [0, 0.1) is 0 Å². The predicted octanol–water partition coefficient (Wildman–Crippen LogP) is 4.68. The summed E-state index contributed by atoms with van der Waals surface area (Å²) >= 11 is 7.64. The fourth-order valence-corrected chi connectivity index (χ4v) is 4.72. The molecule has 1 aromatic heterocycles. The molecule has 9 heteroatoms. The Kier molecular flexibility index (Phi) is 6.67. The minimum absolute atomic E-state index is 0.157. The first-order chi connectivity index (χ1) is 15.1. The van der Waals surface area contributed by atoms with Gasteiger partial charge in [0.05, 0.1) is 23.4 Å². The van der Waals surface area contributed by atoms with Crippen molar-refractivity contribution in [1.82, 2.24) is 14.9 Å². The Labute approximate surface area is 190 Å². The quantitative estimate of drug-likeness (QED) is 0.536. The highest BCUT2D eigenvalue weighted by molar-refractivity contribution is 8.00. The van der Waals surface area contributed by atoms with Gasteiger partial charge in [-0.05, 0) is 43.2 Å². The van der Waals surface area contributed by atoms with Gasteiger partial charge in [0.1, 0.15) is 11.0 Å². The summed E-state index contributed by atoms with van der Waals surface area (Å²) in [5.41, 5.74) is 5.02. The van der Waals surface area contributed by atoms with Gasteiger partial charge in [0, 0.05) is 6.42 Å². The lowest BCUT2D eigenvalue weighted by Gasteiger charge is -2.33. The molecular weight excluding hydrogens is 434 g/mol. The molecule has 4 rings (SSSR count). The summed E-state index contributed by atoms with van der Waals surface area (Å²) in [5, 5.41) is 12.2. The summed E-state index contributed by atoms with van der Waals surface area (Å²) in [5.74, 6) is 1.49. The monoisotopic (exact) mass is 457 g/mol. The van der Waals surface area contributed by atoms with E-state index in [0.29, 0.717) is 22.5 Å². The van der Waals surface area contributed by atoms with Crippen LogP contribution >= 0.6 is 23.4 Å². The van der Waals surface area contributed by atoms with Crippen LogP contribution in [0.1, 0.15) is 37.7 Å². The first kappa shape index (κ1) is 21.5. The average molecular weight is 458 g/mol. The SMILES string of the molecule is CCCc1nnc2n1NC(c1ccc(OCC)cc1)C(C(=O)Nc1ccccc1Cl)S2. The smallest absolute Gasteiger partial charge is 0.240 e. The van der Waals surface area contributed by atoms with Crippen molar-refractivity contribution in [2.75, 3.05) is 17.3 Å². The second-order valence-corrected chi connectivity index (χ2v) is 8.62. The zero-order valence-electron chi connectivity index (χ0n) is 17.3. The number of hydrogen-bond donors (Lipinski definition) is 2. The Morgan fingerprint density at radius 3 is 2.68 bits per heavy atom. The summed E-state index contributed by atoms with van der Waals surface area (Å²) < 4.78 is 7.46. The lowest BCUT2D eigenvalue weighted by Crippen LogP contribution is -2.41. The maximum Gasteiger partial charge on any atom is 0.240 e. The standard InChI is InChI=1S/C22H24ClN5O2S/c1-3-7-18-25-26-22-28(18)27-19(14-10-12-15(13-11-14)30-4-2)20(31-22)21(29)24-17-9-6-5-8-16(17)23/h5-6,8-13,19-20,27H,3-4,7H2,1-2H3,(H,24,29). The van der Waals surface area contributed by atoms with Crippen LogP contribution in [0.5, 0.6) is 5.75 Å². The molecule has 2 aromatic carbocycles. The predicted molar refractivity (Wildman–Crippen MR) is 123 cm³/mol. The maximum atomic E-state index is 13.3. The van der Waals surface area contributed by atoms with Gasteiger partial charge >= 0.3 is 0 Å². The first-order valence-corrected chi connectivity index (χ1v) is 11.5. The number of halogens is 1. The number of aryl methyl sites for hydroxylation is 1. The van der Waals surface area contributed by atoms with E-state index in [1.807, 2.05) is 48.0 Å². The zero-order chi connectivity index (χ0) is 21.8. The molecule has 1 amide bonds. The summed E-state index contributed by atoms with van der Waals surface area (Å²) in [6, 6.07) is 14.7. The van der Waals surface area contributed by atoms with Gasteiger partial charge in [-0.25, -0.2) is 4.68 Å². The number of para-hydroxylation sites is 1. The first-order valence-electron chi connectivity index (χ1n) is 10.3. The van der Waals surface area contributed by atoms with Gasteiger partial charge in [0.15, 0.2) is 5.82 Å². The molecule has 0 aliphatic carbocycles. The molecule has 0 radical (unpaired) electrons. The lowest BCUT2D eigenvalue weighted by molar-refractivity contribution is -0.116. The van der Waals surface area contributed by atoms with Gasteiger partial charge in [-0.2, -0.15) is 0 Å². The third kappa shape index (κ3) is 4.65. The fraction of sp³-hybridized carbons (Fsp3) is 0.318. The van der Waals surface area contributed by atoms with Crippen molar-refractivity contribution in [2.45, 2.75) is 43.1 Å². The Morgan fingerprint density at radius 1 is 1.19 bits per heavy atom. The van der Waals surface area contributed by atoms with Gasteiger partial charge in [0.25, 0.3) is 0 Å². The number of rotatable bonds is 7. The molecule has 2 N–H and O–H groups in total. The van der Waals surface area contributed by atoms with Crippen molar-refractivity contribution in [2.24, 2.45) is 0 Å². The number of hydrogen-bond acceptors (Lipinski definition) is 6. The maximum absolute atomic E-state index is 13.3. The molecule has 7 nitrogen and oxygen atoms in total. The van der Waals surface area contributed by atoms with E-state index in [-0.39, 0.29) is 11.9 Å². The third-order valence-corrected chi connectivity index (χ3v) is 6.46. The van der Waals surface area contributed by atoms with Crippen molar-refractivity contribution in [3.05, 3.63) is 64.9 Å². The molecule has 0 spiro atoms. The highest BCUT2D eigenvalue weighted by Crippen LogP contribution is 2.38. The topological polar surface area (TPSA) is 81.1 Å². The molecule has 2 unspecified atom stereocenters. The van der Waals surface area contributed by atoms with Crippen LogP contribution in [0.25, 0.3) is 0 Å². The van der Waals surface area contributed by atoms with Crippen LogP contribution in [0.4, 0.5) is 5.69 Å². The molecule has 3 aromatic rings. The zero-order valence-corrected chi connectivity index (χ0v) is 18.9. The van der Waals surface area contributed by atoms with E-state index in [1.165, 1.54) is 11.8 Å². The molecule has 2 heterocycles. The van der Waals surface area contributed by atoms with Crippen LogP contribution in [0.15, 0.2) is 53.7 Å². The minimum Gasteiger partial charge on any atom is -0.494 e. The summed E-state index contributed by atoms with van der Waals surface area (Å²) in [4.78, 5) is 13.3. The minimum atomic E-state index is -0.472. The summed E-state index contributed by atoms with van der Waals surface area (Å²) in [7, 11) is 0. The number of carbonyl (C=O) groups is 1. The number of aromatic nitrogens is 3. The van der Waals surface area contributed by atoms with E-state index < -0.39 is 5.25 Å². The second kappa shape index (κ2) is 9.62. The van der Waals surface area contributed by atoms with Crippen LogP contribution in [-0.2, 0) is 11.2 Å². The Hall–Kier alpha value is -2.71. The van der Waals surface area contributed by atoms with Gasteiger partial charge in [-0.3, -0.25) is 4.79 Å². The third-order valence-electron chi connectivity index (χ3n) is 4.92. The highest BCUT2D eigenvalue weighted by atomic mass is 35.5. The van der Waals surface area contributed by atoms with Crippen LogP contribution in [-0.4, -0.2) is 32.6 Å². The van der Waals surface area contributed by atoms with Crippen molar-refractivity contribution in [3.8, 4) is 5.75 Å². The van der Waals surface area contributed by atoms with E-state index in [0.717, 1.165) is 30.0 Å². The van der Waals surface area contributed by atoms with Gasteiger partial charge < -0.3 is 15.5 Å². The fourth-order valence-electron chi connectivity index (χ4n) is 3.44. The lowest BCUT2D eigenvalue weighted by atomic mass is 10.0. The normalized spacial score (nSPS) is 17.5. The van der Waals surface area contributed by atoms with Crippen LogP contribution < -0.4 is 15.5 Å². The van der Waals surface area contributed by atoms with Crippen molar-refractivity contribution >= 4 is 35.0 Å². The van der Waals surface area contributed by atoms with Crippen molar-refractivity contribution in [1.29, 1.82) is 0 Å². The summed E-state index contributed by atoms with van der Waals surface area (Å²) in [6.45, 7) is 4.65. The van der Waals surface area contributed by atoms with E-state index in [4.69, 9.17) is 16.3 Å². The second-order valence-electron chi connectivity index (χ2n) is 7.10. The van der Waals surface area contributed by atoms with E-state index in [2.05, 4.69) is 27.9 Å². The molecule has 0 fully saturated rings. The Balaban J connectivity index is 1.66. The van der Waals surface area contributed by atoms with Gasteiger partial charge in [-0.1, -0.05) is 54.6 Å². The van der Waals surface area contributed by atoms with Gasteiger partial charge in [0.2, 0.25) is 11.1 Å². The average Bonchev–Trinajstić information content (AvgIpc) is 3.17. The highest BCUT2D eigenvalue weighted by Gasteiger charge is 2.38. The molecule has 31 heavy (non-hydrogen) atoms. The number of fused-ring (bicyclic) bond motifs is 1. The largest absolute Gasteiger partial charge is 0.494 e. The van der Waals surface area contributed by atoms with Crippen molar-refractivity contribution in [3.63, 3.8) is 0 Å². The number of anilines is 1. The molecular formula is C22H24ClN5O2S. The molecule has 2 atom stereocenters. The molecule has 0 bridgehead atoms. The number of carbonyl (C=O) groups excluding carboxylic acids is 1. The molecule has 162 valence electrons. The van der Waals surface area contributed by atoms with E-state index >= 15 is 0 Å². The summed E-state index contributed by atoms with van der Waals surface area (Å²) in [6.07, 6.45) is 1.75. The number of ether oxygens (including phenoxy) is 1. The number of benzene rings is 2.